The van der Waals surface area contributed by atoms with Gasteiger partial charge >= 0.3 is 0 Å². The number of ether oxygens (including phenoxy) is 1. The van der Waals surface area contributed by atoms with Crippen molar-refractivity contribution in [1.29, 1.82) is 0 Å². The van der Waals surface area contributed by atoms with Gasteiger partial charge in [-0.1, -0.05) is 23.2 Å². The molecule has 1 amide bonds. The lowest BCUT2D eigenvalue weighted by atomic mass is 10.00. The fourth-order valence-corrected chi connectivity index (χ4v) is 2.82. The standard InChI is InChI=1S/C16H10Cl2FNO3/c17-8-3-9(18)5-11(4-8)20-16(22)15-7-13(21)12-6-10(19)1-2-14(12)23-15/h1-6,15H,7H2,(H,20,22)/t15-/m1/s1. The monoisotopic (exact) mass is 353 g/mol. The maximum Gasteiger partial charge on any atom is 0.265 e. The first-order chi connectivity index (χ1) is 10.9. The van der Waals surface area contributed by atoms with E-state index in [2.05, 4.69) is 5.32 Å². The van der Waals surface area contributed by atoms with Crippen LogP contribution in [0.25, 0.3) is 0 Å². The summed E-state index contributed by atoms with van der Waals surface area (Å²) in [6, 6.07) is 8.19. The van der Waals surface area contributed by atoms with Crippen LogP contribution in [-0.2, 0) is 4.79 Å². The molecule has 2 aromatic carbocycles. The van der Waals surface area contributed by atoms with Gasteiger partial charge in [0.25, 0.3) is 5.91 Å². The second-order valence-electron chi connectivity index (χ2n) is 5.02. The normalized spacial score (nSPS) is 16.5. The van der Waals surface area contributed by atoms with E-state index >= 15 is 0 Å². The van der Waals surface area contributed by atoms with E-state index in [0.29, 0.717) is 15.7 Å². The van der Waals surface area contributed by atoms with Crippen molar-refractivity contribution in [2.24, 2.45) is 0 Å². The fourth-order valence-electron chi connectivity index (χ4n) is 2.29. The van der Waals surface area contributed by atoms with Gasteiger partial charge in [0.05, 0.1) is 12.0 Å². The number of ketones is 1. The van der Waals surface area contributed by atoms with Gasteiger partial charge in [0, 0.05) is 15.7 Å². The third-order valence-corrected chi connectivity index (χ3v) is 3.74. The first-order valence-corrected chi connectivity index (χ1v) is 7.44. The van der Waals surface area contributed by atoms with Gasteiger partial charge < -0.3 is 10.1 Å². The number of halogens is 3. The zero-order chi connectivity index (χ0) is 16.6. The van der Waals surface area contributed by atoms with Crippen LogP contribution in [0.1, 0.15) is 16.8 Å². The SMILES string of the molecule is O=C1C[C@H](C(=O)Nc2cc(Cl)cc(Cl)c2)Oc2ccc(F)cc21. The summed E-state index contributed by atoms with van der Waals surface area (Å²) in [7, 11) is 0. The topological polar surface area (TPSA) is 55.4 Å². The molecule has 0 radical (unpaired) electrons. The van der Waals surface area contributed by atoms with Crippen LogP contribution >= 0.6 is 23.2 Å². The summed E-state index contributed by atoms with van der Waals surface area (Å²) in [6.45, 7) is 0. The summed E-state index contributed by atoms with van der Waals surface area (Å²) in [5.41, 5.74) is 0.535. The third-order valence-electron chi connectivity index (χ3n) is 3.30. The highest BCUT2D eigenvalue weighted by atomic mass is 35.5. The number of hydrogen-bond donors (Lipinski definition) is 1. The number of nitrogens with one attached hydrogen (secondary N) is 1. The highest BCUT2D eigenvalue weighted by molar-refractivity contribution is 6.35. The molecule has 1 atom stereocenters. The van der Waals surface area contributed by atoms with Crippen LogP contribution in [0.4, 0.5) is 10.1 Å². The molecule has 0 bridgehead atoms. The first-order valence-electron chi connectivity index (χ1n) is 6.69. The van der Waals surface area contributed by atoms with E-state index in [4.69, 9.17) is 27.9 Å². The van der Waals surface area contributed by atoms with Crippen molar-refractivity contribution >= 4 is 40.6 Å². The quantitative estimate of drug-likeness (QED) is 0.883. The minimum atomic E-state index is -1.00. The van der Waals surface area contributed by atoms with E-state index in [9.17, 15) is 14.0 Å². The van der Waals surface area contributed by atoms with Crippen LogP contribution in [0.2, 0.25) is 10.0 Å². The number of carbonyl (C=O) groups is 2. The Bertz CT molecular complexity index is 790. The van der Waals surface area contributed by atoms with Crippen LogP contribution in [-0.4, -0.2) is 17.8 Å². The van der Waals surface area contributed by atoms with Gasteiger partial charge in [-0.05, 0) is 36.4 Å². The molecule has 2 aromatic rings. The average molecular weight is 354 g/mol. The van der Waals surface area contributed by atoms with Crippen molar-refractivity contribution in [2.75, 3.05) is 5.32 Å². The van der Waals surface area contributed by atoms with Crippen LogP contribution in [0.5, 0.6) is 5.75 Å². The van der Waals surface area contributed by atoms with E-state index in [-0.39, 0.29) is 23.5 Å². The summed E-state index contributed by atoms with van der Waals surface area (Å²) >= 11 is 11.7. The molecule has 0 saturated carbocycles. The average Bonchev–Trinajstić information content (AvgIpc) is 2.46. The minimum Gasteiger partial charge on any atom is -0.479 e. The molecule has 0 spiro atoms. The summed E-state index contributed by atoms with van der Waals surface area (Å²) in [5.74, 6) is -1.20. The lowest BCUT2D eigenvalue weighted by Crippen LogP contribution is -2.38. The van der Waals surface area contributed by atoms with Gasteiger partial charge in [-0.3, -0.25) is 9.59 Å². The molecular formula is C16H10Cl2FNO3. The van der Waals surface area contributed by atoms with Crippen molar-refractivity contribution in [2.45, 2.75) is 12.5 Å². The molecule has 0 unspecified atom stereocenters. The van der Waals surface area contributed by atoms with E-state index < -0.39 is 17.8 Å². The second-order valence-corrected chi connectivity index (χ2v) is 5.89. The van der Waals surface area contributed by atoms with Gasteiger partial charge in [0.1, 0.15) is 11.6 Å². The molecule has 1 aliphatic heterocycles. The Morgan fingerprint density at radius 3 is 2.57 bits per heavy atom. The molecule has 1 aliphatic rings. The van der Waals surface area contributed by atoms with E-state index in [1.54, 1.807) is 0 Å². The van der Waals surface area contributed by atoms with E-state index in [1.807, 2.05) is 0 Å². The lowest BCUT2D eigenvalue weighted by molar-refractivity contribution is -0.122. The van der Waals surface area contributed by atoms with E-state index in [1.165, 1.54) is 30.3 Å². The Kier molecular flexibility index (Phi) is 4.24. The highest BCUT2D eigenvalue weighted by Crippen LogP contribution is 2.29. The molecule has 1 heterocycles. The van der Waals surface area contributed by atoms with Crippen molar-refractivity contribution in [3.8, 4) is 5.75 Å². The molecular weight excluding hydrogens is 344 g/mol. The van der Waals surface area contributed by atoms with Crippen molar-refractivity contribution < 1.29 is 18.7 Å². The van der Waals surface area contributed by atoms with Crippen LogP contribution in [0.15, 0.2) is 36.4 Å². The Morgan fingerprint density at radius 1 is 1.17 bits per heavy atom. The number of Topliss-reactive ketones (excluding diaryl/α,β-unsaturated/α-hetero) is 1. The van der Waals surface area contributed by atoms with Gasteiger partial charge in [-0.2, -0.15) is 0 Å². The Hall–Kier alpha value is -2.11. The Labute approximate surface area is 141 Å². The maximum atomic E-state index is 13.2. The predicted octanol–water partition coefficient (Wildman–Crippen LogP) is 4.11. The van der Waals surface area contributed by atoms with Gasteiger partial charge in [-0.25, -0.2) is 4.39 Å². The summed E-state index contributed by atoms with van der Waals surface area (Å²) in [4.78, 5) is 24.3. The van der Waals surface area contributed by atoms with Crippen molar-refractivity contribution in [3.05, 3.63) is 57.8 Å². The number of benzene rings is 2. The van der Waals surface area contributed by atoms with Gasteiger partial charge in [0.15, 0.2) is 11.9 Å². The molecule has 0 saturated heterocycles. The molecule has 3 rings (SSSR count). The maximum absolute atomic E-state index is 13.2. The van der Waals surface area contributed by atoms with Gasteiger partial charge in [-0.15, -0.1) is 0 Å². The second kappa shape index (κ2) is 6.18. The smallest absolute Gasteiger partial charge is 0.265 e. The van der Waals surface area contributed by atoms with Crippen LogP contribution in [0, 0.1) is 5.82 Å². The highest BCUT2D eigenvalue weighted by Gasteiger charge is 2.31. The largest absolute Gasteiger partial charge is 0.479 e. The molecule has 23 heavy (non-hydrogen) atoms. The molecule has 0 aromatic heterocycles. The fraction of sp³-hybridized carbons (Fsp3) is 0.125. The molecule has 7 heteroatoms. The number of hydrogen-bond acceptors (Lipinski definition) is 3. The predicted molar refractivity (Wildman–Crippen MR) is 84.9 cm³/mol. The molecule has 1 N–H and O–H groups in total. The van der Waals surface area contributed by atoms with Gasteiger partial charge in [0.2, 0.25) is 0 Å². The number of fused-ring (bicyclic) bond motifs is 1. The zero-order valence-electron chi connectivity index (χ0n) is 11.6. The molecule has 0 aliphatic carbocycles. The number of amides is 1. The number of carbonyl (C=O) groups excluding carboxylic acids is 2. The van der Waals surface area contributed by atoms with Crippen molar-refractivity contribution in [1.82, 2.24) is 0 Å². The van der Waals surface area contributed by atoms with E-state index in [0.717, 1.165) is 6.07 Å². The molecule has 4 nitrogen and oxygen atoms in total. The van der Waals surface area contributed by atoms with Crippen LogP contribution in [0.3, 0.4) is 0 Å². The third kappa shape index (κ3) is 3.46. The summed E-state index contributed by atoms with van der Waals surface area (Å²) in [6.07, 6.45) is -1.17. The number of anilines is 1. The minimum absolute atomic E-state index is 0.139. The zero-order valence-corrected chi connectivity index (χ0v) is 13.1. The van der Waals surface area contributed by atoms with Crippen LogP contribution < -0.4 is 10.1 Å². The summed E-state index contributed by atoms with van der Waals surface area (Å²) in [5, 5.41) is 3.34. The Balaban J connectivity index is 1.79. The molecule has 0 fully saturated rings. The Morgan fingerprint density at radius 2 is 1.87 bits per heavy atom. The van der Waals surface area contributed by atoms with Crippen molar-refractivity contribution in [3.63, 3.8) is 0 Å². The molecule has 118 valence electrons. The lowest BCUT2D eigenvalue weighted by Gasteiger charge is -2.24. The summed E-state index contributed by atoms with van der Waals surface area (Å²) < 4.78 is 18.7. The number of rotatable bonds is 2. The first kappa shape index (κ1) is 15.8.